The highest BCUT2D eigenvalue weighted by molar-refractivity contribution is 9.10. The van der Waals surface area contributed by atoms with Crippen LogP contribution in [0.5, 0.6) is 0 Å². The van der Waals surface area contributed by atoms with E-state index in [0.29, 0.717) is 25.1 Å². The van der Waals surface area contributed by atoms with Gasteiger partial charge < -0.3 is 10.5 Å². The number of rotatable bonds is 5. The Hall–Kier alpha value is -0.710. The van der Waals surface area contributed by atoms with Gasteiger partial charge in [-0.2, -0.15) is 0 Å². The normalized spacial score (nSPS) is 10.3. The Bertz CT molecular complexity index is 352. The van der Waals surface area contributed by atoms with Crippen LogP contribution in [0.3, 0.4) is 0 Å². The molecule has 0 aliphatic carbocycles. The molecule has 0 atom stereocenters. The van der Waals surface area contributed by atoms with Gasteiger partial charge in [0.15, 0.2) is 5.78 Å². The Balaban J connectivity index is 3.06. The summed E-state index contributed by atoms with van der Waals surface area (Å²) in [6.45, 7) is 0.803. The molecule has 0 radical (unpaired) electrons. The zero-order valence-electron chi connectivity index (χ0n) is 8.63. The summed E-state index contributed by atoms with van der Waals surface area (Å²) >= 11 is 3.37. The molecule has 0 saturated carbocycles. The lowest BCUT2D eigenvalue weighted by Gasteiger charge is -2.09. The molecule has 1 aromatic rings. The van der Waals surface area contributed by atoms with Gasteiger partial charge >= 0.3 is 0 Å². The van der Waals surface area contributed by atoms with Gasteiger partial charge in [-0.1, -0.05) is 28.1 Å². The number of hydrogen-bond acceptors (Lipinski definition) is 3. The summed E-state index contributed by atoms with van der Waals surface area (Å²) in [4.78, 5) is 11.8. The quantitative estimate of drug-likeness (QED) is 0.835. The number of hydrogen-bond donors (Lipinski definition) is 1. The number of methoxy groups -OCH3 is 1. The molecule has 0 fully saturated rings. The van der Waals surface area contributed by atoms with Gasteiger partial charge in [-0.3, -0.25) is 4.79 Å². The van der Waals surface area contributed by atoms with Crippen LogP contribution >= 0.6 is 15.9 Å². The number of halogens is 1. The average molecular weight is 272 g/mol. The standard InChI is InChI=1S/C11H14BrNO2/c1-15-7-8-3-2-4-9(12)11(8)10(14)5-6-13/h2-4H,5-7,13H2,1H3. The van der Waals surface area contributed by atoms with E-state index in [-0.39, 0.29) is 5.78 Å². The molecule has 0 aromatic heterocycles. The molecule has 0 spiro atoms. The molecule has 15 heavy (non-hydrogen) atoms. The number of ketones is 1. The van der Waals surface area contributed by atoms with Crippen molar-refractivity contribution in [2.45, 2.75) is 13.0 Å². The number of carbonyl (C=O) groups excluding carboxylic acids is 1. The highest BCUT2D eigenvalue weighted by Gasteiger charge is 2.13. The minimum Gasteiger partial charge on any atom is -0.380 e. The summed E-state index contributed by atoms with van der Waals surface area (Å²) in [6, 6.07) is 5.62. The van der Waals surface area contributed by atoms with Gasteiger partial charge in [0.25, 0.3) is 0 Å². The van der Waals surface area contributed by atoms with Crippen LogP contribution in [-0.2, 0) is 11.3 Å². The lowest BCUT2D eigenvalue weighted by atomic mass is 10.0. The number of carbonyl (C=O) groups is 1. The third-order valence-electron chi connectivity index (χ3n) is 2.05. The largest absolute Gasteiger partial charge is 0.380 e. The van der Waals surface area contributed by atoms with Crippen LogP contribution in [0.2, 0.25) is 0 Å². The Morgan fingerprint density at radius 2 is 2.27 bits per heavy atom. The summed E-state index contributed by atoms with van der Waals surface area (Å²) in [5, 5.41) is 0. The Kier molecular flexibility index (Phi) is 4.94. The highest BCUT2D eigenvalue weighted by atomic mass is 79.9. The molecular formula is C11H14BrNO2. The Morgan fingerprint density at radius 1 is 1.53 bits per heavy atom. The van der Waals surface area contributed by atoms with Gasteiger partial charge in [-0.15, -0.1) is 0 Å². The van der Waals surface area contributed by atoms with E-state index >= 15 is 0 Å². The molecule has 0 aliphatic rings. The predicted octanol–water partition coefficient (Wildman–Crippen LogP) is 2.13. The van der Waals surface area contributed by atoms with E-state index in [2.05, 4.69) is 15.9 Å². The topological polar surface area (TPSA) is 52.3 Å². The van der Waals surface area contributed by atoms with Gasteiger partial charge in [-0.05, 0) is 18.2 Å². The van der Waals surface area contributed by atoms with E-state index in [1.807, 2.05) is 18.2 Å². The van der Waals surface area contributed by atoms with E-state index in [0.717, 1.165) is 10.0 Å². The second-order valence-corrected chi connectivity index (χ2v) is 4.02. The minimum absolute atomic E-state index is 0.0528. The maximum atomic E-state index is 11.8. The van der Waals surface area contributed by atoms with Crippen molar-refractivity contribution in [1.29, 1.82) is 0 Å². The lowest BCUT2D eigenvalue weighted by molar-refractivity contribution is 0.0979. The highest BCUT2D eigenvalue weighted by Crippen LogP contribution is 2.22. The molecule has 1 rings (SSSR count). The number of Topliss-reactive ketones (excluding diaryl/α,β-unsaturated/α-hetero) is 1. The van der Waals surface area contributed by atoms with Crippen LogP contribution in [-0.4, -0.2) is 19.4 Å². The molecule has 4 heteroatoms. The van der Waals surface area contributed by atoms with Crippen LogP contribution < -0.4 is 5.73 Å². The first-order valence-electron chi connectivity index (χ1n) is 4.70. The summed E-state index contributed by atoms with van der Waals surface area (Å²) < 4.78 is 5.85. The first-order chi connectivity index (χ1) is 7.20. The molecule has 3 nitrogen and oxygen atoms in total. The minimum atomic E-state index is 0.0528. The van der Waals surface area contributed by atoms with Crippen molar-refractivity contribution in [1.82, 2.24) is 0 Å². The fourth-order valence-corrected chi connectivity index (χ4v) is 2.04. The zero-order chi connectivity index (χ0) is 11.3. The first kappa shape index (κ1) is 12.4. The molecule has 0 aliphatic heterocycles. The monoisotopic (exact) mass is 271 g/mol. The molecule has 2 N–H and O–H groups in total. The van der Waals surface area contributed by atoms with E-state index < -0.39 is 0 Å². The number of benzene rings is 1. The second kappa shape index (κ2) is 6.00. The van der Waals surface area contributed by atoms with Crippen molar-refractivity contribution in [3.63, 3.8) is 0 Å². The van der Waals surface area contributed by atoms with E-state index in [1.165, 1.54) is 0 Å². The zero-order valence-corrected chi connectivity index (χ0v) is 10.2. The van der Waals surface area contributed by atoms with Crippen LogP contribution in [0.25, 0.3) is 0 Å². The SMILES string of the molecule is COCc1cccc(Br)c1C(=O)CCN. The van der Waals surface area contributed by atoms with Gasteiger partial charge in [0.2, 0.25) is 0 Å². The molecular weight excluding hydrogens is 258 g/mol. The maximum absolute atomic E-state index is 11.8. The fraction of sp³-hybridized carbons (Fsp3) is 0.364. The lowest BCUT2D eigenvalue weighted by Crippen LogP contribution is -2.11. The number of ether oxygens (including phenoxy) is 1. The molecule has 0 saturated heterocycles. The van der Waals surface area contributed by atoms with E-state index in [4.69, 9.17) is 10.5 Å². The first-order valence-corrected chi connectivity index (χ1v) is 5.49. The van der Waals surface area contributed by atoms with E-state index in [9.17, 15) is 4.79 Å². The van der Waals surface area contributed by atoms with Gasteiger partial charge in [0.05, 0.1) is 6.61 Å². The van der Waals surface area contributed by atoms with Crippen LogP contribution in [0, 0.1) is 0 Å². The van der Waals surface area contributed by atoms with Gasteiger partial charge in [-0.25, -0.2) is 0 Å². The summed E-state index contributed by atoms with van der Waals surface area (Å²) in [7, 11) is 1.61. The smallest absolute Gasteiger partial charge is 0.165 e. The summed E-state index contributed by atoms with van der Waals surface area (Å²) in [5.41, 5.74) is 6.95. The summed E-state index contributed by atoms with van der Waals surface area (Å²) in [5.74, 6) is 0.0528. The Morgan fingerprint density at radius 3 is 2.87 bits per heavy atom. The van der Waals surface area contributed by atoms with Crippen molar-refractivity contribution in [3.8, 4) is 0 Å². The van der Waals surface area contributed by atoms with E-state index in [1.54, 1.807) is 7.11 Å². The van der Waals surface area contributed by atoms with Crippen molar-refractivity contribution >= 4 is 21.7 Å². The molecule has 0 bridgehead atoms. The summed E-state index contributed by atoms with van der Waals surface area (Å²) in [6.07, 6.45) is 0.360. The maximum Gasteiger partial charge on any atom is 0.165 e. The third-order valence-corrected chi connectivity index (χ3v) is 2.71. The fourth-order valence-electron chi connectivity index (χ4n) is 1.41. The predicted molar refractivity (Wildman–Crippen MR) is 62.9 cm³/mol. The Labute approximate surface area is 97.7 Å². The van der Waals surface area contributed by atoms with Crippen LogP contribution in [0.1, 0.15) is 22.3 Å². The van der Waals surface area contributed by atoms with Gasteiger partial charge in [0.1, 0.15) is 0 Å². The second-order valence-electron chi connectivity index (χ2n) is 3.17. The number of nitrogens with two attached hydrogens (primary N) is 1. The van der Waals surface area contributed by atoms with Gasteiger partial charge in [0, 0.05) is 23.6 Å². The van der Waals surface area contributed by atoms with Crippen molar-refractivity contribution in [2.75, 3.05) is 13.7 Å². The third kappa shape index (κ3) is 3.12. The van der Waals surface area contributed by atoms with Crippen LogP contribution in [0.15, 0.2) is 22.7 Å². The molecule has 0 unspecified atom stereocenters. The average Bonchev–Trinajstić information content (AvgIpc) is 2.18. The van der Waals surface area contributed by atoms with Crippen molar-refractivity contribution < 1.29 is 9.53 Å². The van der Waals surface area contributed by atoms with Crippen molar-refractivity contribution in [3.05, 3.63) is 33.8 Å². The molecule has 0 amide bonds. The van der Waals surface area contributed by atoms with Crippen molar-refractivity contribution in [2.24, 2.45) is 5.73 Å². The van der Waals surface area contributed by atoms with Crippen LogP contribution in [0.4, 0.5) is 0 Å². The molecule has 82 valence electrons. The molecule has 1 aromatic carbocycles. The molecule has 0 heterocycles.